The van der Waals surface area contributed by atoms with Gasteiger partial charge in [0.1, 0.15) is 12.4 Å². The van der Waals surface area contributed by atoms with Crippen LogP contribution in [0.5, 0.6) is 5.75 Å². The van der Waals surface area contributed by atoms with Gasteiger partial charge in [0.05, 0.1) is 18.5 Å². The maximum atomic E-state index is 12.2. The van der Waals surface area contributed by atoms with Gasteiger partial charge in [0.2, 0.25) is 15.9 Å². The van der Waals surface area contributed by atoms with Crippen LogP contribution >= 0.6 is 11.6 Å². The van der Waals surface area contributed by atoms with E-state index in [9.17, 15) is 13.2 Å². The van der Waals surface area contributed by atoms with Gasteiger partial charge in [-0.1, -0.05) is 36.7 Å². The van der Waals surface area contributed by atoms with Gasteiger partial charge >= 0.3 is 0 Å². The van der Waals surface area contributed by atoms with Gasteiger partial charge in [0.25, 0.3) is 0 Å². The lowest BCUT2D eigenvalue weighted by atomic mass is 10.2. The number of anilines is 1. The Hall–Kier alpha value is -2.25. The van der Waals surface area contributed by atoms with Crippen LogP contribution in [-0.4, -0.2) is 40.3 Å². The average Bonchev–Trinajstić information content (AvgIpc) is 2.70. The van der Waals surface area contributed by atoms with Crippen molar-refractivity contribution in [1.82, 2.24) is 5.32 Å². The molecule has 0 aliphatic carbocycles. The lowest BCUT2D eigenvalue weighted by Gasteiger charge is -2.23. The molecule has 1 N–H and O–H groups in total. The molecule has 0 heterocycles. The van der Waals surface area contributed by atoms with Crippen molar-refractivity contribution in [3.05, 3.63) is 58.6 Å². The molecule has 0 spiro atoms. The molecule has 0 aromatic heterocycles. The Bertz CT molecular complexity index is 946. The monoisotopic (exact) mass is 452 g/mol. The van der Waals surface area contributed by atoms with Crippen molar-refractivity contribution in [3.63, 3.8) is 0 Å². The van der Waals surface area contributed by atoms with Crippen LogP contribution in [-0.2, 0) is 21.2 Å². The number of carbonyl (C=O) groups is 1. The molecule has 164 valence electrons. The predicted octanol–water partition coefficient (Wildman–Crippen LogP) is 3.95. The number of carbonyl (C=O) groups excluding carboxylic acids is 1. The highest BCUT2D eigenvalue weighted by Gasteiger charge is 2.18. The van der Waals surface area contributed by atoms with Gasteiger partial charge in [-0.15, -0.1) is 0 Å². The minimum absolute atomic E-state index is 0.143. The second-order valence-corrected chi connectivity index (χ2v) is 9.38. The number of nitrogens with one attached hydrogen (secondary N) is 1. The first-order chi connectivity index (χ1) is 14.2. The summed E-state index contributed by atoms with van der Waals surface area (Å²) in [6.45, 7) is 4.90. The Labute approximate surface area is 184 Å². The van der Waals surface area contributed by atoms with Crippen molar-refractivity contribution in [1.29, 1.82) is 0 Å². The van der Waals surface area contributed by atoms with Crippen LogP contribution in [0, 0.1) is 6.92 Å². The van der Waals surface area contributed by atoms with Crippen LogP contribution in [0.3, 0.4) is 0 Å². The Morgan fingerprint density at radius 3 is 2.47 bits per heavy atom. The van der Waals surface area contributed by atoms with Crippen molar-refractivity contribution in [2.45, 2.75) is 33.1 Å². The highest BCUT2D eigenvalue weighted by atomic mass is 35.5. The predicted molar refractivity (Wildman–Crippen MR) is 122 cm³/mol. The molecule has 0 fully saturated rings. The highest BCUT2D eigenvalue weighted by Crippen LogP contribution is 2.25. The van der Waals surface area contributed by atoms with Gasteiger partial charge in [-0.05, 0) is 55.2 Å². The zero-order valence-electron chi connectivity index (χ0n) is 17.7. The van der Waals surface area contributed by atoms with E-state index in [0.717, 1.165) is 24.0 Å². The fraction of sp³-hybridized carbons (Fsp3) is 0.409. The minimum Gasteiger partial charge on any atom is -0.492 e. The third-order valence-corrected chi connectivity index (χ3v) is 6.23. The number of nitrogens with zero attached hydrogens (tertiary/aromatic N) is 1. The summed E-state index contributed by atoms with van der Waals surface area (Å²) in [5, 5.41) is 3.29. The molecule has 2 rings (SSSR count). The summed E-state index contributed by atoms with van der Waals surface area (Å²) >= 11 is 6.13. The summed E-state index contributed by atoms with van der Waals surface area (Å²) in [6.07, 6.45) is 2.73. The van der Waals surface area contributed by atoms with E-state index in [1.807, 2.05) is 31.2 Å². The lowest BCUT2D eigenvalue weighted by molar-refractivity contribution is -0.121. The first-order valence-corrected chi connectivity index (χ1v) is 12.2. The summed E-state index contributed by atoms with van der Waals surface area (Å²) in [4.78, 5) is 12.0. The van der Waals surface area contributed by atoms with Gasteiger partial charge in [-0.3, -0.25) is 9.10 Å². The Morgan fingerprint density at radius 1 is 1.17 bits per heavy atom. The number of ether oxygens (including phenoxy) is 1. The molecule has 6 nitrogen and oxygen atoms in total. The fourth-order valence-electron chi connectivity index (χ4n) is 2.88. The zero-order valence-corrected chi connectivity index (χ0v) is 19.2. The van der Waals surface area contributed by atoms with E-state index in [-0.39, 0.29) is 18.9 Å². The van der Waals surface area contributed by atoms with Crippen molar-refractivity contribution in [2.24, 2.45) is 0 Å². The van der Waals surface area contributed by atoms with Crippen molar-refractivity contribution in [2.75, 3.05) is 30.3 Å². The van der Waals surface area contributed by atoms with Crippen molar-refractivity contribution in [3.8, 4) is 5.75 Å². The van der Waals surface area contributed by atoms with Gasteiger partial charge in [-0.25, -0.2) is 8.42 Å². The highest BCUT2D eigenvalue weighted by molar-refractivity contribution is 7.92. The van der Waals surface area contributed by atoms with Gasteiger partial charge in [0, 0.05) is 18.0 Å². The Balaban J connectivity index is 1.76. The Morgan fingerprint density at radius 2 is 1.87 bits per heavy atom. The Kier molecular flexibility index (Phi) is 8.99. The van der Waals surface area contributed by atoms with E-state index in [4.69, 9.17) is 16.3 Å². The van der Waals surface area contributed by atoms with Crippen LogP contribution < -0.4 is 14.4 Å². The van der Waals surface area contributed by atoms with E-state index >= 15 is 0 Å². The summed E-state index contributed by atoms with van der Waals surface area (Å²) in [7, 11) is -3.48. The van der Waals surface area contributed by atoms with Gasteiger partial charge in [-0.2, -0.15) is 0 Å². The minimum atomic E-state index is -3.48. The third kappa shape index (κ3) is 7.54. The second kappa shape index (κ2) is 11.2. The van der Waals surface area contributed by atoms with Crippen LogP contribution in [0.2, 0.25) is 5.02 Å². The molecule has 0 saturated heterocycles. The standard InChI is InChI=1S/C22H29ClN2O4S/c1-4-18-8-11-20(12-9-18)29-15-13-24-22(26)6-5-14-25(30(3,27)28)19-10-7-17(2)21(23)16-19/h7-12,16H,4-6,13-15H2,1-3H3,(H,24,26). The van der Waals surface area contributed by atoms with E-state index < -0.39 is 10.0 Å². The number of hydrogen-bond acceptors (Lipinski definition) is 4. The smallest absolute Gasteiger partial charge is 0.232 e. The molecule has 0 atom stereocenters. The molecule has 1 amide bonds. The van der Waals surface area contributed by atoms with Crippen LogP contribution in [0.4, 0.5) is 5.69 Å². The van der Waals surface area contributed by atoms with E-state index in [0.29, 0.717) is 30.3 Å². The molecule has 2 aromatic rings. The lowest BCUT2D eigenvalue weighted by Crippen LogP contribution is -2.33. The summed E-state index contributed by atoms with van der Waals surface area (Å²) in [6, 6.07) is 13.0. The van der Waals surface area contributed by atoms with Crippen LogP contribution in [0.25, 0.3) is 0 Å². The van der Waals surface area contributed by atoms with E-state index in [1.54, 1.807) is 18.2 Å². The van der Waals surface area contributed by atoms with Crippen LogP contribution in [0.1, 0.15) is 30.9 Å². The average molecular weight is 453 g/mol. The third-order valence-electron chi connectivity index (χ3n) is 4.63. The zero-order chi connectivity index (χ0) is 22.1. The fourth-order valence-corrected chi connectivity index (χ4v) is 4.01. The van der Waals surface area contributed by atoms with Gasteiger partial charge < -0.3 is 10.1 Å². The topological polar surface area (TPSA) is 75.7 Å². The first-order valence-electron chi connectivity index (χ1n) is 9.93. The molecule has 0 bridgehead atoms. The van der Waals surface area contributed by atoms with Crippen LogP contribution in [0.15, 0.2) is 42.5 Å². The van der Waals surface area contributed by atoms with Gasteiger partial charge in [0.15, 0.2) is 0 Å². The maximum Gasteiger partial charge on any atom is 0.232 e. The molecule has 0 radical (unpaired) electrons. The maximum absolute atomic E-state index is 12.2. The molecule has 0 unspecified atom stereocenters. The molecule has 2 aromatic carbocycles. The molecule has 0 aliphatic rings. The first kappa shape index (κ1) is 24.0. The molecule has 30 heavy (non-hydrogen) atoms. The SMILES string of the molecule is CCc1ccc(OCCNC(=O)CCCN(c2ccc(C)c(Cl)c2)S(C)(=O)=O)cc1. The number of amides is 1. The second-order valence-electron chi connectivity index (χ2n) is 7.07. The normalized spacial score (nSPS) is 11.2. The number of halogens is 1. The molecule has 0 saturated carbocycles. The van der Waals surface area contributed by atoms with E-state index in [1.165, 1.54) is 9.87 Å². The number of hydrogen-bond donors (Lipinski definition) is 1. The molecule has 8 heteroatoms. The number of benzene rings is 2. The largest absolute Gasteiger partial charge is 0.492 e. The number of aryl methyl sites for hydroxylation is 2. The van der Waals surface area contributed by atoms with Crippen molar-refractivity contribution < 1.29 is 17.9 Å². The molecule has 0 aliphatic heterocycles. The number of sulfonamides is 1. The molecular formula is C22H29ClN2O4S. The number of rotatable bonds is 11. The quantitative estimate of drug-likeness (QED) is 0.524. The summed E-state index contributed by atoms with van der Waals surface area (Å²) < 4.78 is 31.2. The van der Waals surface area contributed by atoms with E-state index in [2.05, 4.69) is 12.2 Å². The van der Waals surface area contributed by atoms with Crippen molar-refractivity contribution >= 4 is 33.2 Å². The summed E-state index contributed by atoms with van der Waals surface area (Å²) in [5.74, 6) is 0.623. The molecular weight excluding hydrogens is 424 g/mol. The summed E-state index contributed by atoms with van der Waals surface area (Å²) in [5.41, 5.74) is 2.61.